The number of amides is 1. The molecule has 0 saturated carbocycles. The fourth-order valence-electron chi connectivity index (χ4n) is 1.29. The molecule has 0 spiro atoms. The van der Waals surface area contributed by atoms with Crippen LogP contribution in [-0.2, 0) is 15.1 Å². The van der Waals surface area contributed by atoms with Crippen LogP contribution >= 0.6 is 11.3 Å². The number of carboxylic acids is 1. The molecular weight excluding hydrogens is 254 g/mol. The van der Waals surface area contributed by atoms with Gasteiger partial charge >= 0.3 is 12.1 Å². The molecule has 0 aliphatic carbocycles. The smallest absolute Gasteiger partial charge is 0.408 e. The van der Waals surface area contributed by atoms with E-state index in [0.717, 1.165) is 0 Å². The van der Waals surface area contributed by atoms with E-state index in [-0.39, 0.29) is 0 Å². The first-order chi connectivity index (χ1) is 8.15. The molecule has 2 N–H and O–H groups in total. The number of alkyl carbamates (subject to hydrolysis) is 1. The van der Waals surface area contributed by atoms with E-state index in [2.05, 4.69) is 5.32 Å². The van der Waals surface area contributed by atoms with Gasteiger partial charge in [0.25, 0.3) is 0 Å². The lowest BCUT2D eigenvalue weighted by molar-refractivity contribution is -0.144. The Labute approximate surface area is 110 Å². The molecule has 6 heteroatoms. The number of rotatable bonds is 3. The molecule has 0 saturated heterocycles. The number of carbonyl (C=O) groups is 2. The third kappa shape index (κ3) is 3.46. The van der Waals surface area contributed by atoms with Gasteiger partial charge in [0, 0.05) is 4.88 Å². The van der Waals surface area contributed by atoms with Crippen LogP contribution in [0.15, 0.2) is 17.5 Å². The van der Waals surface area contributed by atoms with E-state index in [1.54, 1.807) is 38.3 Å². The predicted octanol–water partition coefficient (Wildman–Crippen LogP) is 2.57. The van der Waals surface area contributed by atoms with Crippen molar-refractivity contribution in [3.63, 3.8) is 0 Å². The topological polar surface area (TPSA) is 75.6 Å². The quantitative estimate of drug-likeness (QED) is 0.886. The van der Waals surface area contributed by atoms with Gasteiger partial charge < -0.3 is 15.2 Å². The van der Waals surface area contributed by atoms with Crippen LogP contribution in [0.25, 0.3) is 0 Å². The molecule has 1 aromatic rings. The second kappa shape index (κ2) is 4.97. The fourth-order valence-corrected chi connectivity index (χ4v) is 2.13. The van der Waals surface area contributed by atoms with E-state index in [0.29, 0.717) is 4.88 Å². The SMILES string of the molecule is CC(C)(C)OC(=O)NC(C)(C(=O)O)c1cccs1. The summed E-state index contributed by atoms with van der Waals surface area (Å²) in [6.07, 6.45) is -0.749. The van der Waals surface area contributed by atoms with Crippen LogP contribution in [-0.4, -0.2) is 22.8 Å². The van der Waals surface area contributed by atoms with Crippen LogP contribution in [0.4, 0.5) is 4.79 Å². The van der Waals surface area contributed by atoms with E-state index in [1.165, 1.54) is 18.3 Å². The number of aliphatic carboxylic acids is 1. The molecule has 0 radical (unpaired) electrons. The minimum Gasteiger partial charge on any atom is -0.479 e. The lowest BCUT2D eigenvalue weighted by Crippen LogP contribution is -2.50. The van der Waals surface area contributed by atoms with Crippen molar-refractivity contribution in [3.8, 4) is 0 Å². The number of ether oxygens (including phenoxy) is 1. The molecular formula is C12H17NO4S. The Balaban J connectivity index is 2.89. The zero-order valence-electron chi connectivity index (χ0n) is 10.8. The fraction of sp³-hybridized carbons (Fsp3) is 0.500. The standard InChI is InChI=1S/C12H17NO4S/c1-11(2,3)17-10(16)13-12(4,9(14)15)8-6-5-7-18-8/h5-7H,1-4H3,(H,13,16)(H,14,15). The van der Waals surface area contributed by atoms with Crippen LogP contribution in [0.2, 0.25) is 0 Å². The van der Waals surface area contributed by atoms with Crippen molar-refractivity contribution >= 4 is 23.4 Å². The Morgan fingerprint density at radius 3 is 2.33 bits per heavy atom. The van der Waals surface area contributed by atoms with E-state index >= 15 is 0 Å². The summed E-state index contributed by atoms with van der Waals surface area (Å²) in [5, 5.41) is 13.4. The third-order valence-electron chi connectivity index (χ3n) is 2.19. The predicted molar refractivity (Wildman–Crippen MR) is 68.7 cm³/mol. The molecule has 0 bridgehead atoms. The van der Waals surface area contributed by atoms with Gasteiger partial charge in [0.15, 0.2) is 5.54 Å². The van der Waals surface area contributed by atoms with Crippen LogP contribution in [0.5, 0.6) is 0 Å². The van der Waals surface area contributed by atoms with Gasteiger partial charge in [-0.2, -0.15) is 0 Å². The molecule has 5 nitrogen and oxygen atoms in total. The van der Waals surface area contributed by atoms with Gasteiger partial charge in [-0.25, -0.2) is 9.59 Å². The second-order valence-electron chi connectivity index (χ2n) is 5.03. The van der Waals surface area contributed by atoms with E-state index < -0.39 is 23.2 Å². The van der Waals surface area contributed by atoms with Crippen molar-refractivity contribution in [1.82, 2.24) is 5.32 Å². The molecule has 1 rings (SSSR count). The Hall–Kier alpha value is -1.56. The molecule has 1 amide bonds. The van der Waals surface area contributed by atoms with Crippen LogP contribution in [0.1, 0.15) is 32.6 Å². The third-order valence-corrected chi connectivity index (χ3v) is 3.28. The van der Waals surface area contributed by atoms with Gasteiger partial charge in [0.1, 0.15) is 5.60 Å². The molecule has 0 aliphatic rings. The number of thiophene rings is 1. The summed E-state index contributed by atoms with van der Waals surface area (Å²) in [6, 6.07) is 3.40. The van der Waals surface area contributed by atoms with Gasteiger partial charge in [-0.05, 0) is 39.1 Å². The first-order valence-corrected chi connectivity index (χ1v) is 6.31. The van der Waals surface area contributed by atoms with Crippen LogP contribution < -0.4 is 5.32 Å². The van der Waals surface area contributed by atoms with Crippen molar-refractivity contribution in [3.05, 3.63) is 22.4 Å². The Morgan fingerprint density at radius 1 is 1.33 bits per heavy atom. The Kier molecular flexibility index (Phi) is 4.01. The highest BCUT2D eigenvalue weighted by Crippen LogP contribution is 2.26. The van der Waals surface area contributed by atoms with Gasteiger partial charge in [-0.3, -0.25) is 0 Å². The Morgan fingerprint density at radius 2 is 1.94 bits per heavy atom. The molecule has 0 aliphatic heterocycles. The lowest BCUT2D eigenvalue weighted by Gasteiger charge is -2.27. The summed E-state index contributed by atoms with van der Waals surface area (Å²) in [7, 11) is 0. The molecule has 18 heavy (non-hydrogen) atoms. The van der Waals surface area contributed by atoms with Gasteiger partial charge in [-0.15, -0.1) is 11.3 Å². The normalized spacial score (nSPS) is 14.7. The highest BCUT2D eigenvalue weighted by Gasteiger charge is 2.39. The summed E-state index contributed by atoms with van der Waals surface area (Å²) in [5.74, 6) is -1.13. The van der Waals surface area contributed by atoms with Crippen molar-refractivity contribution in [2.45, 2.75) is 38.8 Å². The maximum absolute atomic E-state index is 11.7. The van der Waals surface area contributed by atoms with Crippen molar-refractivity contribution < 1.29 is 19.4 Å². The van der Waals surface area contributed by atoms with Crippen molar-refractivity contribution in [1.29, 1.82) is 0 Å². The largest absolute Gasteiger partial charge is 0.479 e. The summed E-state index contributed by atoms with van der Waals surface area (Å²) in [6.45, 7) is 6.59. The maximum Gasteiger partial charge on any atom is 0.408 e. The molecule has 1 heterocycles. The summed E-state index contributed by atoms with van der Waals surface area (Å²) in [5.41, 5.74) is -2.14. The molecule has 0 aromatic carbocycles. The van der Waals surface area contributed by atoms with Gasteiger partial charge in [-0.1, -0.05) is 6.07 Å². The Bertz CT molecular complexity index is 435. The van der Waals surface area contributed by atoms with Crippen molar-refractivity contribution in [2.75, 3.05) is 0 Å². The average Bonchev–Trinajstić information content (AvgIpc) is 2.66. The molecule has 1 aromatic heterocycles. The minimum atomic E-state index is -1.48. The summed E-state index contributed by atoms with van der Waals surface area (Å²) < 4.78 is 5.07. The minimum absolute atomic E-state index is 0.542. The van der Waals surface area contributed by atoms with Crippen LogP contribution in [0, 0.1) is 0 Å². The number of carboxylic acid groups (broad SMARTS) is 1. The first-order valence-electron chi connectivity index (χ1n) is 5.44. The molecule has 100 valence electrons. The number of carbonyl (C=O) groups excluding carboxylic acids is 1. The highest BCUT2D eigenvalue weighted by molar-refractivity contribution is 7.10. The zero-order chi connectivity index (χ0) is 14.0. The first kappa shape index (κ1) is 14.5. The van der Waals surface area contributed by atoms with Gasteiger partial charge in [0.05, 0.1) is 0 Å². The number of nitrogens with one attached hydrogen (secondary N) is 1. The lowest BCUT2D eigenvalue weighted by atomic mass is 10.0. The van der Waals surface area contributed by atoms with Crippen molar-refractivity contribution in [2.24, 2.45) is 0 Å². The van der Waals surface area contributed by atoms with E-state index in [4.69, 9.17) is 4.74 Å². The zero-order valence-corrected chi connectivity index (χ0v) is 11.6. The van der Waals surface area contributed by atoms with E-state index in [1.807, 2.05) is 0 Å². The number of hydrogen-bond acceptors (Lipinski definition) is 4. The van der Waals surface area contributed by atoms with E-state index in [9.17, 15) is 14.7 Å². The van der Waals surface area contributed by atoms with Gasteiger partial charge in [0.2, 0.25) is 0 Å². The summed E-state index contributed by atoms with van der Waals surface area (Å²) >= 11 is 1.27. The highest BCUT2D eigenvalue weighted by atomic mass is 32.1. The maximum atomic E-state index is 11.7. The average molecular weight is 271 g/mol. The number of hydrogen-bond donors (Lipinski definition) is 2. The molecule has 0 fully saturated rings. The monoisotopic (exact) mass is 271 g/mol. The summed E-state index contributed by atoms with van der Waals surface area (Å²) in [4.78, 5) is 23.6. The second-order valence-corrected chi connectivity index (χ2v) is 5.98. The molecule has 1 unspecified atom stereocenters. The molecule has 1 atom stereocenters. The van der Waals surface area contributed by atoms with Crippen LogP contribution in [0.3, 0.4) is 0 Å².